The highest BCUT2D eigenvalue weighted by Gasteiger charge is 2.35. The Labute approximate surface area is 165 Å². The molecule has 1 saturated carbocycles. The predicted molar refractivity (Wildman–Crippen MR) is 113 cm³/mol. The van der Waals surface area contributed by atoms with Crippen molar-refractivity contribution >= 4 is 0 Å². The third-order valence-electron chi connectivity index (χ3n) is 6.75. The molecule has 3 nitrogen and oxygen atoms in total. The summed E-state index contributed by atoms with van der Waals surface area (Å²) in [6, 6.07) is 1.66. The van der Waals surface area contributed by atoms with Crippen molar-refractivity contribution < 1.29 is 15.3 Å². The van der Waals surface area contributed by atoms with Gasteiger partial charge >= 0.3 is 0 Å². The maximum Gasteiger partial charge on any atom is 0.164 e. The molecule has 1 aliphatic rings. The smallest absolute Gasteiger partial charge is 0.164 e. The van der Waals surface area contributed by atoms with E-state index in [1.54, 1.807) is 6.07 Å². The topological polar surface area (TPSA) is 60.7 Å². The third-order valence-corrected chi connectivity index (χ3v) is 6.75. The van der Waals surface area contributed by atoms with E-state index in [1.165, 1.54) is 32.1 Å². The number of hydrogen-bond acceptors (Lipinski definition) is 3. The molecular weight excluding hydrogens is 336 g/mol. The van der Waals surface area contributed by atoms with Crippen molar-refractivity contribution in [3.05, 3.63) is 17.2 Å². The van der Waals surface area contributed by atoms with E-state index in [4.69, 9.17) is 0 Å². The van der Waals surface area contributed by atoms with Crippen molar-refractivity contribution in [3.8, 4) is 17.2 Å². The van der Waals surface area contributed by atoms with E-state index >= 15 is 0 Å². The fourth-order valence-corrected chi connectivity index (χ4v) is 3.76. The van der Waals surface area contributed by atoms with Crippen molar-refractivity contribution in [2.45, 2.75) is 105 Å². The maximum absolute atomic E-state index is 10.4. The van der Waals surface area contributed by atoms with E-state index in [-0.39, 0.29) is 17.2 Å². The molecule has 27 heavy (non-hydrogen) atoms. The summed E-state index contributed by atoms with van der Waals surface area (Å²) in [5, 5.41) is 31.1. The van der Waals surface area contributed by atoms with Gasteiger partial charge in [-0.2, -0.15) is 0 Å². The van der Waals surface area contributed by atoms with Crippen LogP contribution in [0, 0.1) is 10.8 Å². The molecule has 0 unspecified atom stereocenters. The van der Waals surface area contributed by atoms with Gasteiger partial charge in [-0.1, -0.05) is 53.4 Å². The minimum absolute atomic E-state index is 0.0347. The molecule has 1 aromatic carbocycles. The summed E-state index contributed by atoms with van der Waals surface area (Å²) in [6.45, 7) is 9.16. The normalized spacial score (nSPS) is 15.9. The van der Waals surface area contributed by atoms with Gasteiger partial charge in [-0.3, -0.25) is 0 Å². The van der Waals surface area contributed by atoms with Gasteiger partial charge < -0.3 is 15.3 Å². The predicted octanol–water partition coefficient (Wildman–Crippen LogP) is 6.86. The fourth-order valence-electron chi connectivity index (χ4n) is 3.76. The molecule has 1 fully saturated rings. The zero-order valence-electron chi connectivity index (χ0n) is 17.9. The van der Waals surface area contributed by atoms with Crippen LogP contribution in [-0.4, -0.2) is 15.3 Å². The van der Waals surface area contributed by atoms with Crippen LogP contribution in [0.3, 0.4) is 0 Å². The van der Waals surface area contributed by atoms with Gasteiger partial charge in [-0.05, 0) is 68.3 Å². The summed E-state index contributed by atoms with van der Waals surface area (Å²) < 4.78 is 0. The summed E-state index contributed by atoms with van der Waals surface area (Å²) in [6.07, 6.45) is 12.9. The van der Waals surface area contributed by atoms with E-state index in [0.717, 1.165) is 32.1 Å². The second kappa shape index (κ2) is 9.21. The lowest BCUT2D eigenvalue weighted by Gasteiger charge is -2.22. The van der Waals surface area contributed by atoms with Gasteiger partial charge in [0.1, 0.15) is 5.75 Å². The molecule has 0 aliphatic heterocycles. The van der Waals surface area contributed by atoms with Gasteiger partial charge in [0.2, 0.25) is 0 Å². The van der Waals surface area contributed by atoms with Crippen LogP contribution in [-0.2, 0) is 12.8 Å². The zero-order chi connectivity index (χ0) is 20.1. The Morgan fingerprint density at radius 2 is 1.59 bits per heavy atom. The number of aryl methyl sites for hydroxylation is 1. The van der Waals surface area contributed by atoms with Crippen molar-refractivity contribution in [1.82, 2.24) is 0 Å². The first-order valence-electron chi connectivity index (χ1n) is 10.9. The Balaban J connectivity index is 1.82. The minimum Gasteiger partial charge on any atom is -0.508 e. The van der Waals surface area contributed by atoms with Crippen molar-refractivity contribution in [2.24, 2.45) is 10.8 Å². The van der Waals surface area contributed by atoms with Gasteiger partial charge in [0.25, 0.3) is 0 Å². The number of aromatic hydroxyl groups is 3. The molecule has 3 N–H and O–H groups in total. The zero-order valence-corrected chi connectivity index (χ0v) is 17.9. The van der Waals surface area contributed by atoms with E-state index in [1.807, 2.05) is 0 Å². The monoisotopic (exact) mass is 376 g/mol. The number of benzene rings is 1. The molecule has 1 aliphatic carbocycles. The van der Waals surface area contributed by atoms with Crippen LogP contribution < -0.4 is 0 Å². The maximum atomic E-state index is 10.4. The fraction of sp³-hybridized carbons (Fsp3) is 0.750. The molecule has 0 bridgehead atoms. The van der Waals surface area contributed by atoms with Crippen LogP contribution in [0.1, 0.15) is 103 Å². The summed E-state index contributed by atoms with van der Waals surface area (Å²) in [5.41, 5.74) is 2.11. The van der Waals surface area contributed by atoms with Gasteiger partial charge in [-0.15, -0.1) is 0 Å². The summed E-state index contributed by atoms with van der Waals surface area (Å²) >= 11 is 0. The lowest BCUT2D eigenvalue weighted by Crippen LogP contribution is -2.08. The van der Waals surface area contributed by atoms with Crippen molar-refractivity contribution in [3.63, 3.8) is 0 Å². The number of phenols is 3. The molecule has 0 amide bonds. The second-order valence-electron chi connectivity index (χ2n) is 9.83. The van der Waals surface area contributed by atoms with E-state index in [9.17, 15) is 15.3 Å². The van der Waals surface area contributed by atoms with Crippen molar-refractivity contribution in [2.75, 3.05) is 0 Å². The average molecular weight is 377 g/mol. The lowest BCUT2D eigenvalue weighted by molar-refractivity contribution is 0.307. The molecule has 0 atom stereocenters. The lowest BCUT2D eigenvalue weighted by atomic mass is 9.84. The van der Waals surface area contributed by atoms with Gasteiger partial charge in [0, 0.05) is 11.1 Å². The molecule has 154 valence electrons. The number of hydrogen-bond donors (Lipinski definition) is 3. The molecule has 0 aromatic heterocycles. The Kier molecular flexibility index (Phi) is 7.47. The molecule has 0 saturated heterocycles. The Bertz CT molecular complexity index is 615. The van der Waals surface area contributed by atoms with E-state index < -0.39 is 0 Å². The van der Waals surface area contributed by atoms with Crippen LogP contribution in [0.25, 0.3) is 0 Å². The van der Waals surface area contributed by atoms with Crippen LogP contribution in [0.15, 0.2) is 6.07 Å². The number of rotatable bonds is 12. The van der Waals surface area contributed by atoms with Gasteiger partial charge in [0.05, 0.1) is 0 Å². The highest BCUT2D eigenvalue weighted by molar-refractivity contribution is 5.56. The van der Waals surface area contributed by atoms with E-state index in [0.29, 0.717) is 34.8 Å². The molecular formula is C24H40O3. The molecule has 0 radical (unpaired) electrons. The van der Waals surface area contributed by atoms with Gasteiger partial charge in [0.15, 0.2) is 11.5 Å². The first kappa shape index (κ1) is 21.9. The van der Waals surface area contributed by atoms with Crippen LogP contribution in [0.5, 0.6) is 17.2 Å². The first-order valence-corrected chi connectivity index (χ1v) is 10.9. The Hall–Kier alpha value is -1.38. The SMILES string of the molecule is CCC(C)(C)CCCCCc1c(O)cc(CCCCC2(C)CC2)c(O)c1O. The largest absolute Gasteiger partial charge is 0.508 e. The quantitative estimate of drug-likeness (QED) is 0.212. The molecule has 2 rings (SSSR count). The third kappa shape index (κ3) is 6.62. The molecule has 0 spiro atoms. The molecule has 1 aromatic rings. The summed E-state index contributed by atoms with van der Waals surface area (Å²) in [7, 11) is 0. The Morgan fingerprint density at radius 3 is 2.22 bits per heavy atom. The van der Waals surface area contributed by atoms with E-state index in [2.05, 4.69) is 27.7 Å². The minimum atomic E-state index is -0.118. The second-order valence-corrected chi connectivity index (χ2v) is 9.83. The summed E-state index contributed by atoms with van der Waals surface area (Å²) in [4.78, 5) is 0. The highest BCUT2D eigenvalue weighted by atomic mass is 16.3. The molecule has 0 heterocycles. The summed E-state index contributed by atoms with van der Waals surface area (Å²) in [5.74, 6) is -0.0241. The number of unbranched alkanes of at least 4 members (excludes halogenated alkanes) is 3. The highest BCUT2D eigenvalue weighted by Crippen LogP contribution is 2.49. The van der Waals surface area contributed by atoms with Gasteiger partial charge in [-0.25, -0.2) is 0 Å². The first-order chi connectivity index (χ1) is 12.7. The van der Waals surface area contributed by atoms with Crippen LogP contribution >= 0.6 is 0 Å². The van der Waals surface area contributed by atoms with Crippen LogP contribution in [0.2, 0.25) is 0 Å². The number of phenolic OH excluding ortho intramolecular Hbond substituents is 3. The van der Waals surface area contributed by atoms with Crippen LogP contribution in [0.4, 0.5) is 0 Å². The Morgan fingerprint density at radius 1 is 0.926 bits per heavy atom. The van der Waals surface area contributed by atoms with Crippen molar-refractivity contribution in [1.29, 1.82) is 0 Å². The average Bonchev–Trinajstić information content (AvgIpc) is 3.35. The standard InChI is InChI=1S/C24H40O3/c1-5-23(2,3)13-9-6-7-12-19-20(25)17-18(21(26)22(19)27)11-8-10-14-24(4)15-16-24/h17,25-27H,5-16H2,1-4H3. The molecule has 3 heteroatoms.